The predicted molar refractivity (Wildman–Crippen MR) is 113 cm³/mol. The first-order valence-electron chi connectivity index (χ1n) is 10.9. The number of anilines is 1. The lowest BCUT2D eigenvalue weighted by atomic mass is 9.80. The molecule has 0 aromatic carbocycles. The first kappa shape index (κ1) is 21.4. The molecule has 7 nitrogen and oxygen atoms in total. The number of aryl methyl sites for hydroxylation is 1. The summed E-state index contributed by atoms with van der Waals surface area (Å²) in [6, 6.07) is 1.90. The Hall–Kier alpha value is -2.84. The number of carbonyl (C=O) groups is 1. The van der Waals surface area contributed by atoms with Crippen LogP contribution in [0.15, 0.2) is 24.7 Å². The highest BCUT2D eigenvalue weighted by Crippen LogP contribution is 2.37. The number of halogens is 2. The molecule has 0 atom stereocenters. The van der Waals surface area contributed by atoms with Gasteiger partial charge >= 0.3 is 0 Å². The maximum Gasteiger partial charge on any atom is 0.284 e. The van der Waals surface area contributed by atoms with E-state index in [4.69, 9.17) is 0 Å². The van der Waals surface area contributed by atoms with E-state index < -0.39 is 18.0 Å². The van der Waals surface area contributed by atoms with E-state index in [2.05, 4.69) is 34.3 Å². The van der Waals surface area contributed by atoms with E-state index in [0.717, 1.165) is 37.8 Å². The molecule has 0 saturated heterocycles. The topological polar surface area (TPSA) is 77.1 Å². The molecule has 1 fully saturated rings. The first-order chi connectivity index (χ1) is 14.9. The number of amides is 1. The van der Waals surface area contributed by atoms with E-state index in [1.165, 1.54) is 12.4 Å². The van der Waals surface area contributed by atoms with Gasteiger partial charge in [0.1, 0.15) is 5.56 Å². The summed E-state index contributed by atoms with van der Waals surface area (Å²) in [5.41, 5.74) is 1.17. The van der Waals surface area contributed by atoms with E-state index >= 15 is 0 Å². The van der Waals surface area contributed by atoms with Gasteiger partial charge in [-0.3, -0.25) is 9.48 Å². The van der Waals surface area contributed by atoms with Crippen molar-refractivity contribution in [2.45, 2.75) is 65.3 Å². The third-order valence-electron chi connectivity index (χ3n) is 6.36. The lowest BCUT2D eigenvalue weighted by Crippen LogP contribution is -2.21. The lowest BCUT2D eigenvalue weighted by Gasteiger charge is -2.30. The summed E-state index contributed by atoms with van der Waals surface area (Å²) in [7, 11) is 0. The first-order valence-corrected chi connectivity index (χ1v) is 10.9. The van der Waals surface area contributed by atoms with Crippen molar-refractivity contribution in [1.82, 2.24) is 24.4 Å². The Morgan fingerprint density at radius 1 is 1.26 bits per heavy atom. The Kier molecular flexibility index (Phi) is 6.02. The molecule has 1 aliphatic carbocycles. The zero-order chi connectivity index (χ0) is 22.1. The smallest absolute Gasteiger partial charge is 0.284 e. The second-order valence-electron chi connectivity index (χ2n) is 8.56. The zero-order valence-electron chi connectivity index (χ0n) is 18.1. The molecule has 4 rings (SSSR count). The van der Waals surface area contributed by atoms with Gasteiger partial charge < -0.3 is 5.32 Å². The molecular formula is C22H28F2N6O. The van der Waals surface area contributed by atoms with Gasteiger partial charge in [-0.1, -0.05) is 20.8 Å². The van der Waals surface area contributed by atoms with Crippen molar-refractivity contribution in [3.8, 4) is 0 Å². The number of nitrogens with zero attached hydrogens (tertiary/aromatic N) is 5. The number of aromatic nitrogens is 5. The molecule has 0 spiro atoms. The normalized spacial score (nSPS) is 19.5. The van der Waals surface area contributed by atoms with Crippen molar-refractivity contribution in [2.24, 2.45) is 11.8 Å². The molecule has 31 heavy (non-hydrogen) atoms. The minimum atomic E-state index is -2.78. The van der Waals surface area contributed by atoms with E-state index in [9.17, 15) is 13.6 Å². The van der Waals surface area contributed by atoms with Crippen molar-refractivity contribution in [2.75, 3.05) is 5.32 Å². The second kappa shape index (κ2) is 8.72. The Labute approximate surface area is 179 Å². The monoisotopic (exact) mass is 430 g/mol. The number of hydrogen-bond acceptors (Lipinski definition) is 4. The Balaban J connectivity index is 1.57. The SMILES string of the molecule is CCc1ccnc2c(C(=O)Nc3cn([C@H]4CC[C@H](C(C)C)CC4)nc3C(F)F)cnn12. The highest BCUT2D eigenvalue weighted by atomic mass is 19.3. The van der Waals surface area contributed by atoms with E-state index in [0.29, 0.717) is 17.5 Å². The highest BCUT2D eigenvalue weighted by Gasteiger charge is 2.28. The molecule has 0 aliphatic heterocycles. The van der Waals surface area contributed by atoms with Crippen LogP contribution in [0.1, 0.15) is 80.7 Å². The lowest BCUT2D eigenvalue weighted by molar-refractivity contribution is 0.102. The molecule has 3 heterocycles. The van der Waals surface area contributed by atoms with E-state index in [1.54, 1.807) is 15.4 Å². The predicted octanol–water partition coefficient (Wildman–Crippen LogP) is 5.07. The summed E-state index contributed by atoms with van der Waals surface area (Å²) in [4.78, 5) is 17.1. The van der Waals surface area contributed by atoms with Crippen LogP contribution in [0.3, 0.4) is 0 Å². The standard InChI is InChI=1S/C22H28F2N6O/c1-4-15-9-10-25-21-17(11-26-30(15)21)22(31)27-18-12-29(28-19(18)20(23)24)16-7-5-14(6-8-16)13(2)3/h9-14,16,20H,4-8H2,1-3H3,(H,27,31)/t14-,16-. The Bertz CT molecular complexity index is 1070. The van der Waals surface area contributed by atoms with E-state index in [-0.39, 0.29) is 17.3 Å². The van der Waals surface area contributed by atoms with Crippen molar-refractivity contribution < 1.29 is 13.6 Å². The van der Waals surface area contributed by atoms with Gasteiger partial charge in [0, 0.05) is 18.1 Å². The highest BCUT2D eigenvalue weighted by molar-refractivity contribution is 6.08. The van der Waals surface area contributed by atoms with E-state index in [1.807, 2.05) is 13.0 Å². The minimum absolute atomic E-state index is 0.0389. The number of nitrogens with one attached hydrogen (secondary N) is 1. The number of alkyl halides is 2. The summed E-state index contributed by atoms with van der Waals surface area (Å²) < 4.78 is 30.5. The van der Waals surface area contributed by atoms with Crippen LogP contribution in [0.2, 0.25) is 0 Å². The molecule has 1 aliphatic rings. The largest absolute Gasteiger partial charge is 0.319 e. The summed E-state index contributed by atoms with van der Waals surface area (Å²) in [5, 5.41) is 11.0. The Morgan fingerprint density at radius 2 is 2.00 bits per heavy atom. The van der Waals surface area contributed by atoms with Crippen LogP contribution in [0.5, 0.6) is 0 Å². The molecule has 3 aromatic rings. The maximum atomic E-state index is 13.7. The van der Waals surface area contributed by atoms with Crippen LogP contribution in [-0.2, 0) is 6.42 Å². The fraction of sp³-hybridized carbons (Fsp3) is 0.545. The minimum Gasteiger partial charge on any atom is -0.319 e. The molecule has 0 radical (unpaired) electrons. The number of carbonyl (C=O) groups excluding carboxylic acids is 1. The summed E-state index contributed by atoms with van der Waals surface area (Å²) in [6.07, 6.45) is 6.43. The summed E-state index contributed by atoms with van der Waals surface area (Å²) in [5.74, 6) is 0.759. The maximum absolute atomic E-state index is 13.7. The Morgan fingerprint density at radius 3 is 2.65 bits per heavy atom. The van der Waals surface area contributed by atoms with Gasteiger partial charge in [-0.15, -0.1) is 0 Å². The fourth-order valence-electron chi connectivity index (χ4n) is 4.44. The molecule has 9 heteroatoms. The quantitative estimate of drug-likeness (QED) is 0.593. The van der Waals surface area contributed by atoms with Crippen molar-refractivity contribution in [1.29, 1.82) is 0 Å². The average Bonchev–Trinajstić information content (AvgIpc) is 3.38. The fourth-order valence-corrected chi connectivity index (χ4v) is 4.44. The van der Waals surface area contributed by atoms with Gasteiger partial charge in [-0.25, -0.2) is 18.3 Å². The third-order valence-corrected chi connectivity index (χ3v) is 6.36. The van der Waals surface area contributed by atoms with Crippen LogP contribution in [-0.4, -0.2) is 30.3 Å². The van der Waals surface area contributed by atoms with Crippen molar-refractivity contribution >= 4 is 17.2 Å². The van der Waals surface area contributed by atoms with Crippen LogP contribution >= 0.6 is 0 Å². The zero-order valence-corrected chi connectivity index (χ0v) is 18.1. The van der Waals surface area contributed by atoms with Crippen LogP contribution in [0.25, 0.3) is 5.65 Å². The third kappa shape index (κ3) is 4.18. The van der Waals surface area contributed by atoms with Gasteiger partial charge in [-0.05, 0) is 50.0 Å². The second-order valence-corrected chi connectivity index (χ2v) is 8.56. The number of rotatable bonds is 6. The molecule has 0 unspecified atom stereocenters. The summed E-state index contributed by atoms with van der Waals surface area (Å²) in [6.45, 7) is 6.43. The van der Waals surface area contributed by atoms with Gasteiger partial charge in [0.15, 0.2) is 11.3 Å². The van der Waals surface area contributed by atoms with Crippen molar-refractivity contribution in [3.05, 3.63) is 41.6 Å². The van der Waals surface area contributed by atoms with Crippen molar-refractivity contribution in [3.63, 3.8) is 0 Å². The van der Waals surface area contributed by atoms with Gasteiger partial charge in [-0.2, -0.15) is 10.2 Å². The molecule has 1 saturated carbocycles. The average molecular weight is 431 g/mol. The van der Waals surface area contributed by atoms with Crippen LogP contribution in [0.4, 0.5) is 14.5 Å². The molecule has 1 amide bonds. The number of fused-ring (bicyclic) bond motifs is 1. The molecule has 166 valence electrons. The van der Waals surface area contributed by atoms with Gasteiger partial charge in [0.2, 0.25) is 0 Å². The number of hydrogen-bond donors (Lipinski definition) is 1. The van der Waals surface area contributed by atoms with Gasteiger partial charge in [0.05, 0.1) is 17.9 Å². The van der Waals surface area contributed by atoms with Gasteiger partial charge in [0.25, 0.3) is 12.3 Å². The molecule has 3 aromatic heterocycles. The van der Waals surface area contributed by atoms with Crippen LogP contribution < -0.4 is 5.32 Å². The molecule has 1 N–H and O–H groups in total. The molecule has 0 bridgehead atoms. The van der Waals surface area contributed by atoms with Crippen LogP contribution in [0, 0.1) is 11.8 Å². The summed E-state index contributed by atoms with van der Waals surface area (Å²) >= 11 is 0. The molecular weight excluding hydrogens is 402 g/mol.